The first-order valence-corrected chi connectivity index (χ1v) is 14.0. The number of hydrogen-bond donors (Lipinski definition) is 3. The lowest BCUT2D eigenvalue weighted by Crippen LogP contribution is -2.29. The highest BCUT2D eigenvalue weighted by atomic mass is 35.5. The third-order valence-electron chi connectivity index (χ3n) is 6.46. The van der Waals surface area contributed by atoms with E-state index in [1.807, 2.05) is 0 Å². The fourth-order valence-electron chi connectivity index (χ4n) is 4.24. The Bertz CT molecular complexity index is 1790. The first-order chi connectivity index (χ1) is 20.9. The van der Waals surface area contributed by atoms with Crippen LogP contribution in [0.2, 0.25) is 10.0 Å². The lowest BCUT2D eigenvalue weighted by Gasteiger charge is -2.16. The molecule has 2 heterocycles. The average molecular weight is 647 g/mol. The highest BCUT2D eigenvalue weighted by molar-refractivity contribution is 6.39. The molecule has 1 aliphatic carbocycles. The van der Waals surface area contributed by atoms with Gasteiger partial charge < -0.3 is 20.7 Å². The summed E-state index contributed by atoms with van der Waals surface area (Å²) in [5.74, 6) is -0.917. The van der Waals surface area contributed by atoms with Crippen molar-refractivity contribution in [1.29, 1.82) is 0 Å². The molecule has 5 rings (SSSR count). The molecule has 0 atom stereocenters. The van der Waals surface area contributed by atoms with Crippen LogP contribution in [0.3, 0.4) is 0 Å². The Morgan fingerprint density at radius 3 is 2.39 bits per heavy atom. The van der Waals surface area contributed by atoms with Gasteiger partial charge in [0.25, 0.3) is 11.5 Å². The summed E-state index contributed by atoms with van der Waals surface area (Å²) in [6.07, 6.45) is -0.733. The third-order valence-corrected chi connectivity index (χ3v) is 7.04. The number of rotatable bonds is 8. The smallest absolute Gasteiger partial charge is 0.405 e. The van der Waals surface area contributed by atoms with E-state index in [1.54, 1.807) is 25.1 Å². The Hall–Kier alpha value is -4.62. The van der Waals surface area contributed by atoms with Crippen molar-refractivity contribution in [3.05, 3.63) is 86.9 Å². The molecule has 44 heavy (non-hydrogen) atoms. The molecule has 1 aliphatic rings. The van der Waals surface area contributed by atoms with Gasteiger partial charge in [0.1, 0.15) is 11.4 Å². The number of anilines is 2. The van der Waals surface area contributed by atoms with Crippen molar-refractivity contribution in [3.8, 4) is 28.1 Å². The fourth-order valence-corrected chi connectivity index (χ4v) is 4.70. The van der Waals surface area contributed by atoms with Crippen LogP contribution in [-0.4, -0.2) is 39.1 Å². The minimum atomic E-state index is -4.98. The molecule has 2 aromatic heterocycles. The summed E-state index contributed by atoms with van der Waals surface area (Å²) in [6, 6.07) is 10.5. The van der Waals surface area contributed by atoms with Crippen LogP contribution in [-0.2, 0) is 6.54 Å². The second-order valence-corrected chi connectivity index (χ2v) is 10.5. The number of carbonyl (C=O) groups is 2. The van der Waals surface area contributed by atoms with E-state index >= 15 is 0 Å². The van der Waals surface area contributed by atoms with Crippen LogP contribution in [0.15, 0.2) is 65.7 Å². The topological polar surface area (TPSA) is 127 Å². The minimum Gasteiger partial charge on any atom is -0.405 e. The number of amides is 3. The van der Waals surface area contributed by atoms with Crippen molar-refractivity contribution >= 4 is 46.5 Å². The van der Waals surface area contributed by atoms with Crippen molar-refractivity contribution < 1.29 is 27.5 Å². The van der Waals surface area contributed by atoms with Gasteiger partial charge in [0.05, 0.1) is 21.4 Å². The number of ether oxygens (including phenoxy) is 1. The number of aromatic nitrogens is 3. The molecule has 3 amide bonds. The lowest BCUT2D eigenvalue weighted by molar-refractivity contribution is -0.274. The largest absolute Gasteiger partial charge is 0.573 e. The minimum absolute atomic E-state index is 0.0141. The van der Waals surface area contributed by atoms with Gasteiger partial charge in [-0.3, -0.25) is 14.6 Å². The van der Waals surface area contributed by atoms with Crippen LogP contribution in [0.25, 0.3) is 22.4 Å². The SMILES string of the molecule is CCn1nc(-c2cccc(-c3cc(C(=O)NC4CC4)ccc3OC(F)(F)F)c2)cc(NC(=O)Nc2c(Cl)cncc2Cl)c1=O. The molecule has 0 bridgehead atoms. The molecular formula is C29H23Cl2F3N6O4. The Balaban J connectivity index is 1.51. The Kier molecular flexibility index (Phi) is 8.79. The van der Waals surface area contributed by atoms with E-state index in [-0.39, 0.29) is 56.4 Å². The first-order valence-electron chi connectivity index (χ1n) is 13.2. The number of pyridine rings is 1. The molecule has 228 valence electrons. The monoisotopic (exact) mass is 646 g/mol. The standard InChI is InChI=1S/C29H23Cl2F3N6O4/c1-2-40-27(42)23(37-28(43)38-25-20(30)13-35-14-21(25)31)12-22(39-40)16-5-3-4-15(10-16)19-11-17(26(41)36-18-7-8-18)6-9-24(19)44-29(32,33)34/h3-6,9-14,18H,2,7-8H2,1H3,(H,36,41)(H2,35,37,38,43). The Morgan fingerprint density at radius 1 is 1.02 bits per heavy atom. The maximum atomic E-state index is 13.3. The fraction of sp³-hybridized carbons (Fsp3) is 0.207. The number of benzene rings is 2. The molecule has 0 radical (unpaired) electrons. The van der Waals surface area contributed by atoms with Crippen LogP contribution < -0.4 is 26.2 Å². The van der Waals surface area contributed by atoms with E-state index in [2.05, 4.69) is 30.8 Å². The van der Waals surface area contributed by atoms with Gasteiger partial charge in [-0.2, -0.15) is 5.10 Å². The highest BCUT2D eigenvalue weighted by Crippen LogP contribution is 2.37. The summed E-state index contributed by atoms with van der Waals surface area (Å²) in [7, 11) is 0. The van der Waals surface area contributed by atoms with Crippen LogP contribution in [0.1, 0.15) is 30.1 Å². The molecule has 1 saturated carbocycles. The van der Waals surface area contributed by atoms with E-state index in [4.69, 9.17) is 23.2 Å². The number of nitrogens with one attached hydrogen (secondary N) is 3. The van der Waals surface area contributed by atoms with Gasteiger partial charge in [-0.15, -0.1) is 13.2 Å². The number of urea groups is 1. The summed E-state index contributed by atoms with van der Waals surface area (Å²) >= 11 is 12.1. The molecule has 10 nitrogen and oxygen atoms in total. The van der Waals surface area contributed by atoms with Crippen molar-refractivity contribution in [2.75, 3.05) is 10.6 Å². The Labute approximate surface area is 258 Å². The average Bonchev–Trinajstić information content (AvgIpc) is 3.79. The van der Waals surface area contributed by atoms with Crippen LogP contribution in [0, 0.1) is 0 Å². The zero-order chi connectivity index (χ0) is 31.6. The molecule has 15 heteroatoms. The molecule has 0 aliphatic heterocycles. The summed E-state index contributed by atoms with van der Waals surface area (Å²) < 4.78 is 45.2. The van der Waals surface area contributed by atoms with E-state index in [1.165, 1.54) is 36.7 Å². The lowest BCUT2D eigenvalue weighted by atomic mass is 9.98. The number of halogens is 5. The van der Waals surface area contributed by atoms with E-state index in [9.17, 15) is 27.6 Å². The van der Waals surface area contributed by atoms with Crippen LogP contribution in [0.4, 0.5) is 29.3 Å². The maximum Gasteiger partial charge on any atom is 0.573 e. The zero-order valence-electron chi connectivity index (χ0n) is 22.8. The van der Waals surface area contributed by atoms with Crippen LogP contribution in [0.5, 0.6) is 5.75 Å². The predicted molar refractivity (Wildman–Crippen MR) is 159 cm³/mol. The number of nitrogens with zero attached hydrogens (tertiary/aromatic N) is 3. The van der Waals surface area contributed by atoms with Crippen molar-refractivity contribution in [3.63, 3.8) is 0 Å². The van der Waals surface area contributed by atoms with Gasteiger partial charge in [0.15, 0.2) is 0 Å². The number of alkyl halides is 3. The second-order valence-electron chi connectivity index (χ2n) is 9.71. The normalized spacial score (nSPS) is 12.9. The number of aryl methyl sites for hydroxylation is 1. The quantitative estimate of drug-likeness (QED) is 0.195. The van der Waals surface area contributed by atoms with E-state index in [0.29, 0.717) is 5.56 Å². The third kappa shape index (κ3) is 7.29. The van der Waals surface area contributed by atoms with Crippen molar-refractivity contribution in [2.45, 2.75) is 38.7 Å². The second kappa shape index (κ2) is 12.5. The van der Waals surface area contributed by atoms with Crippen molar-refractivity contribution in [1.82, 2.24) is 20.1 Å². The molecule has 0 spiro atoms. The summed E-state index contributed by atoms with van der Waals surface area (Å²) in [6.45, 7) is 1.82. The molecule has 4 aromatic rings. The predicted octanol–water partition coefficient (Wildman–Crippen LogP) is 6.73. The summed E-state index contributed by atoms with van der Waals surface area (Å²) in [4.78, 5) is 42.2. The van der Waals surface area contributed by atoms with Gasteiger partial charge >= 0.3 is 12.4 Å². The van der Waals surface area contributed by atoms with Gasteiger partial charge in [-0.1, -0.05) is 41.4 Å². The molecular weight excluding hydrogens is 624 g/mol. The number of carbonyl (C=O) groups excluding carboxylic acids is 2. The van der Waals surface area contributed by atoms with Gasteiger partial charge in [-0.25, -0.2) is 9.48 Å². The summed E-state index contributed by atoms with van der Waals surface area (Å²) in [5.41, 5.74) is 0.433. The van der Waals surface area contributed by atoms with Gasteiger partial charge in [-0.05, 0) is 55.7 Å². The molecule has 1 fully saturated rings. The number of hydrogen-bond acceptors (Lipinski definition) is 6. The summed E-state index contributed by atoms with van der Waals surface area (Å²) in [5, 5.41) is 12.3. The van der Waals surface area contributed by atoms with E-state index < -0.39 is 29.6 Å². The molecule has 0 saturated heterocycles. The van der Waals surface area contributed by atoms with Gasteiger partial charge in [0, 0.05) is 41.7 Å². The molecule has 3 N–H and O–H groups in total. The first kappa shape index (κ1) is 30.8. The van der Waals surface area contributed by atoms with Gasteiger partial charge in [0.2, 0.25) is 0 Å². The Morgan fingerprint density at radius 2 is 1.73 bits per heavy atom. The molecule has 2 aromatic carbocycles. The van der Waals surface area contributed by atoms with Crippen LogP contribution >= 0.6 is 23.2 Å². The maximum absolute atomic E-state index is 13.3. The van der Waals surface area contributed by atoms with Crippen molar-refractivity contribution in [2.24, 2.45) is 0 Å². The molecule has 0 unspecified atom stereocenters. The zero-order valence-corrected chi connectivity index (χ0v) is 24.3. The van der Waals surface area contributed by atoms with E-state index in [0.717, 1.165) is 23.6 Å². The highest BCUT2D eigenvalue weighted by Gasteiger charge is 2.33.